The Bertz CT molecular complexity index is 1660. The van der Waals surface area contributed by atoms with Crippen LogP contribution in [0.1, 0.15) is 46.6 Å². The second-order valence-electron chi connectivity index (χ2n) is 9.47. The number of fused-ring (bicyclic) bond motifs is 5. The van der Waals surface area contributed by atoms with Crippen molar-refractivity contribution in [1.82, 2.24) is 14.5 Å². The molecule has 1 unspecified atom stereocenters. The third-order valence-corrected chi connectivity index (χ3v) is 7.42. The molecule has 0 saturated heterocycles. The number of aliphatic hydroxyl groups excluding tert-OH is 1. The first-order valence-corrected chi connectivity index (χ1v) is 12.4. The molecule has 38 heavy (non-hydrogen) atoms. The molecule has 0 aliphatic carbocycles. The maximum absolute atomic E-state index is 14.1. The molecule has 4 aromatic rings. The van der Waals surface area contributed by atoms with Gasteiger partial charge in [-0.3, -0.25) is 14.2 Å². The van der Waals surface area contributed by atoms with E-state index in [1.54, 1.807) is 43.3 Å². The Hall–Kier alpha value is -4.34. The number of hydrogen-bond acceptors (Lipinski definition) is 7. The van der Waals surface area contributed by atoms with Gasteiger partial charge in [0, 0.05) is 28.6 Å². The number of nitrogens with zero attached hydrogens (tertiary/aromatic N) is 3. The van der Waals surface area contributed by atoms with E-state index in [1.165, 1.54) is 9.47 Å². The molecule has 1 amide bonds. The van der Waals surface area contributed by atoms with E-state index in [4.69, 9.17) is 9.72 Å². The van der Waals surface area contributed by atoms with Crippen LogP contribution in [0.4, 0.5) is 0 Å². The molecule has 9 heteroatoms. The number of aromatic nitrogens is 2. The van der Waals surface area contributed by atoms with Crippen molar-refractivity contribution in [2.24, 2.45) is 0 Å². The van der Waals surface area contributed by atoms with Crippen molar-refractivity contribution in [1.29, 1.82) is 0 Å². The van der Waals surface area contributed by atoms with Crippen LogP contribution in [0.3, 0.4) is 0 Å². The minimum absolute atomic E-state index is 0.0201. The van der Waals surface area contributed by atoms with Crippen LogP contribution in [0.25, 0.3) is 22.3 Å². The van der Waals surface area contributed by atoms with Crippen LogP contribution >= 0.6 is 0 Å². The zero-order chi connectivity index (χ0) is 26.6. The monoisotopic (exact) mass is 511 g/mol. The lowest BCUT2D eigenvalue weighted by Crippen LogP contribution is -2.47. The van der Waals surface area contributed by atoms with E-state index in [0.29, 0.717) is 28.0 Å². The maximum Gasteiger partial charge on any atom is 0.343 e. The summed E-state index contributed by atoms with van der Waals surface area (Å²) in [4.78, 5) is 46.7. The second-order valence-corrected chi connectivity index (χ2v) is 9.47. The average Bonchev–Trinajstić information content (AvgIpc) is 3.26. The van der Waals surface area contributed by atoms with Gasteiger partial charge in [-0.25, -0.2) is 9.78 Å². The molecular weight excluding hydrogens is 486 g/mol. The predicted octanol–water partition coefficient (Wildman–Crippen LogP) is 2.71. The Labute approximate surface area is 217 Å². The lowest BCUT2D eigenvalue weighted by Gasteiger charge is -2.34. The minimum atomic E-state index is -1.97. The van der Waals surface area contributed by atoms with Gasteiger partial charge < -0.3 is 19.8 Å². The summed E-state index contributed by atoms with van der Waals surface area (Å²) >= 11 is 0. The number of benzene rings is 2. The molecule has 2 aromatic heterocycles. The molecule has 0 spiro atoms. The first-order chi connectivity index (χ1) is 18.4. The highest BCUT2D eigenvalue weighted by molar-refractivity contribution is 5.95. The van der Waals surface area contributed by atoms with Crippen LogP contribution in [-0.2, 0) is 21.7 Å². The molecule has 2 aliphatic heterocycles. The highest BCUT2D eigenvalue weighted by atomic mass is 16.6. The first-order valence-electron chi connectivity index (χ1n) is 12.4. The maximum atomic E-state index is 14.1. The average molecular weight is 512 g/mol. The molecule has 0 radical (unpaired) electrons. The molecule has 192 valence electrons. The van der Waals surface area contributed by atoms with Gasteiger partial charge >= 0.3 is 5.97 Å². The Morgan fingerprint density at radius 1 is 1.13 bits per heavy atom. The standard InChI is InChI=1S/C29H25N3O6/c1-2-29(37)21-15-23-24-19(14-18-10-6-7-11-22(18)30-24)25(32(23)27(35)20(21)16-38-28(29)36)31(12-13-33)26(34)17-8-4-3-5-9-17/h3-11,14-15,25,33,37H,2,12-13,16H2,1H3/t25?,29-/m0/s1. The lowest BCUT2D eigenvalue weighted by molar-refractivity contribution is -0.172. The van der Waals surface area contributed by atoms with Crippen LogP contribution in [0.5, 0.6) is 0 Å². The van der Waals surface area contributed by atoms with Crippen LogP contribution in [-0.4, -0.2) is 49.7 Å². The van der Waals surface area contributed by atoms with E-state index in [1.807, 2.05) is 30.3 Å². The lowest BCUT2D eigenvalue weighted by atomic mass is 9.86. The topological polar surface area (TPSA) is 122 Å². The number of aliphatic hydroxyl groups is 2. The van der Waals surface area contributed by atoms with Gasteiger partial charge in [0.2, 0.25) is 0 Å². The number of esters is 1. The Morgan fingerprint density at radius 2 is 1.87 bits per heavy atom. The van der Waals surface area contributed by atoms with E-state index < -0.39 is 23.3 Å². The van der Waals surface area contributed by atoms with Gasteiger partial charge in [0.15, 0.2) is 5.60 Å². The molecule has 2 aromatic carbocycles. The number of para-hydroxylation sites is 1. The fraction of sp³-hybridized carbons (Fsp3) is 0.241. The molecule has 2 N–H and O–H groups in total. The molecule has 2 atom stereocenters. The van der Waals surface area contributed by atoms with Crippen LogP contribution in [0.15, 0.2) is 71.5 Å². The Balaban J connectivity index is 1.66. The second kappa shape index (κ2) is 8.90. The number of hydrogen-bond donors (Lipinski definition) is 2. The summed E-state index contributed by atoms with van der Waals surface area (Å²) in [5.74, 6) is -1.17. The van der Waals surface area contributed by atoms with Gasteiger partial charge in [-0.05, 0) is 36.8 Å². The Kier molecular flexibility index (Phi) is 5.62. The number of cyclic esters (lactones) is 1. The predicted molar refractivity (Wildman–Crippen MR) is 138 cm³/mol. The highest BCUT2D eigenvalue weighted by Crippen LogP contribution is 2.44. The van der Waals surface area contributed by atoms with Crippen molar-refractivity contribution in [2.45, 2.75) is 31.7 Å². The van der Waals surface area contributed by atoms with Gasteiger partial charge in [-0.15, -0.1) is 0 Å². The summed E-state index contributed by atoms with van der Waals surface area (Å²) in [6.07, 6.45) is -0.895. The van der Waals surface area contributed by atoms with Crippen LogP contribution in [0, 0.1) is 0 Å². The number of carbonyl (C=O) groups excluding carboxylic acids is 2. The summed E-state index contributed by atoms with van der Waals surface area (Å²) in [6, 6.07) is 19.7. The van der Waals surface area contributed by atoms with Crippen molar-refractivity contribution >= 4 is 22.8 Å². The smallest absolute Gasteiger partial charge is 0.343 e. The third kappa shape index (κ3) is 3.39. The number of rotatable bonds is 5. The zero-order valence-corrected chi connectivity index (χ0v) is 20.6. The van der Waals surface area contributed by atoms with Gasteiger partial charge in [0.1, 0.15) is 12.8 Å². The first kappa shape index (κ1) is 24.0. The molecule has 0 bridgehead atoms. The van der Waals surface area contributed by atoms with Crippen molar-refractivity contribution in [3.05, 3.63) is 99.3 Å². The molecule has 9 nitrogen and oxygen atoms in total. The van der Waals surface area contributed by atoms with E-state index in [-0.39, 0.29) is 43.2 Å². The fourth-order valence-corrected chi connectivity index (χ4v) is 5.47. The number of amides is 1. The summed E-state index contributed by atoms with van der Waals surface area (Å²) in [6.45, 7) is 0.987. The van der Waals surface area contributed by atoms with Crippen molar-refractivity contribution in [3.8, 4) is 11.4 Å². The van der Waals surface area contributed by atoms with Gasteiger partial charge in [-0.1, -0.05) is 43.3 Å². The third-order valence-electron chi connectivity index (χ3n) is 7.42. The van der Waals surface area contributed by atoms with E-state index in [9.17, 15) is 24.6 Å². The highest BCUT2D eigenvalue weighted by Gasteiger charge is 2.47. The minimum Gasteiger partial charge on any atom is -0.458 e. The summed E-state index contributed by atoms with van der Waals surface area (Å²) in [7, 11) is 0. The normalized spacial score (nSPS) is 19.4. The van der Waals surface area contributed by atoms with E-state index in [2.05, 4.69) is 0 Å². The number of ether oxygens (including phenoxy) is 1. The molecule has 0 saturated carbocycles. The molecule has 0 fully saturated rings. The van der Waals surface area contributed by atoms with Crippen molar-refractivity contribution in [2.75, 3.05) is 13.2 Å². The van der Waals surface area contributed by atoms with Gasteiger partial charge in [-0.2, -0.15) is 0 Å². The van der Waals surface area contributed by atoms with Crippen molar-refractivity contribution in [3.63, 3.8) is 0 Å². The van der Waals surface area contributed by atoms with Crippen molar-refractivity contribution < 1.29 is 24.5 Å². The summed E-state index contributed by atoms with van der Waals surface area (Å²) < 4.78 is 6.67. The van der Waals surface area contributed by atoms with E-state index >= 15 is 0 Å². The SMILES string of the molecule is CC[C@@]1(O)C(=O)OCc2c1cc1n(c2=O)C(N(CCO)C(=O)c2ccccc2)c2cc3ccccc3nc2-1. The largest absolute Gasteiger partial charge is 0.458 e. The van der Waals surface area contributed by atoms with Gasteiger partial charge in [0.05, 0.1) is 29.1 Å². The molecular formula is C29H25N3O6. The van der Waals surface area contributed by atoms with Gasteiger partial charge in [0.25, 0.3) is 11.5 Å². The zero-order valence-electron chi connectivity index (χ0n) is 20.6. The number of carbonyl (C=O) groups is 2. The molecule has 6 rings (SSSR count). The quantitative estimate of drug-likeness (QED) is 0.395. The fourth-order valence-electron chi connectivity index (χ4n) is 5.47. The summed E-state index contributed by atoms with van der Waals surface area (Å²) in [5.41, 5.74) is 0.429. The van der Waals surface area contributed by atoms with Crippen LogP contribution in [0.2, 0.25) is 0 Å². The Morgan fingerprint density at radius 3 is 2.61 bits per heavy atom. The number of pyridine rings is 2. The molecule has 2 aliphatic rings. The molecule has 4 heterocycles. The van der Waals surface area contributed by atoms with E-state index in [0.717, 1.165) is 5.39 Å². The summed E-state index contributed by atoms with van der Waals surface area (Å²) in [5, 5.41) is 22.0. The van der Waals surface area contributed by atoms with Crippen LogP contribution < -0.4 is 5.56 Å².